The zero-order valence-corrected chi connectivity index (χ0v) is 9.39. The Hall–Kier alpha value is -0.850. The van der Waals surface area contributed by atoms with E-state index >= 15 is 0 Å². The summed E-state index contributed by atoms with van der Waals surface area (Å²) in [6.45, 7) is 15.5. The number of allylic oxidation sites excluding steroid dienone is 2. The molecule has 0 aliphatic rings. The summed E-state index contributed by atoms with van der Waals surface area (Å²) in [6, 6.07) is 0. The first-order valence-electron chi connectivity index (χ1n) is 4.55. The van der Waals surface area contributed by atoms with Gasteiger partial charge in [-0.25, -0.2) is 0 Å². The van der Waals surface area contributed by atoms with Gasteiger partial charge in [0.05, 0.1) is 0 Å². The maximum absolute atomic E-state index is 3.77. The van der Waals surface area contributed by atoms with E-state index in [9.17, 15) is 0 Å². The quantitative estimate of drug-likeness (QED) is 0.549. The van der Waals surface area contributed by atoms with Crippen LogP contribution in [-0.2, 0) is 0 Å². The van der Waals surface area contributed by atoms with Crippen LogP contribution >= 0.6 is 0 Å². The van der Waals surface area contributed by atoms with Crippen LogP contribution < -0.4 is 0 Å². The maximum atomic E-state index is 3.77. The van der Waals surface area contributed by atoms with Crippen LogP contribution in [0.2, 0.25) is 0 Å². The van der Waals surface area contributed by atoms with Crippen LogP contribution in [0.15, 0.2) is 29.4 Å². The summed E-state index contributed by atoms with van der Waals surface area (Å²) in [7, 11) is 0. The van der Waals surface area contributed by atoms with Gasteiger partial charge in [-0.1, -0.05) is 39.8 Å². The molecule has 0 aromatic carbocycles. The van der Waals surface area contributed by atoms with Crippen molar-refractivity contribution < 1.29 is 0 Å². The van der Waals surface area contributed by atoms with Gasteiger partial charge < -0.3 is 0 Å². The van der Waals surface area contributed by atoms with Crippen LogP contribution in [0.25, 0.3) is 0 Å². The summed E-state index contributed by atoms with van der Waals surface area (Å²) in [6.07, 6.45) is 5.17. The molecular weight excluding hydrogens is 146 g/mol. The Bertz CT molecular complexity index is 117. The molecule has 1 nitrogen and oxygen atoms in total. The van der Waals surface area contributed by atoms with Gasteiger partial charge in [0, 0.05) is 12.4 Å². The van der Waals surface area contributed by atoms with Crippen molar-refractivity contribution in [1.82, 2.24) is 0 Å². The summed E-state index contributed by atoms with van der Waals surface area (Å²) < 4.78 is 0. The number of hydrogen-bond donors (Lipinski definition) is 0. The zero-order valence-electron chi connectivity index (χ0n) is 9.39. The molecule has 0 aliphatic carbocycles. The van der Waals surface area contributed by atoms with Gasteiger partial charge in [-0.05, 0) is 19.9 Å². The summed E-state index contributed by atoms with van der Waals surface area (Å²) in [5.41, 5.74) is 1.25. The van der Waals surface area contributed by atoms with E-state index in [0.717, 1.165) is 0 Å². The number of rotatable bonds is 2. The molecule has 0 radical (unpaired) electrons. The van der Waals surface area contributed by atoms with Gasteiger partial charge in [-0.3, -0.25) is 4.99 Å². The molecule has 0 aliphatic heterocycles. The lowest BCUT2D eigenvalue weighted by Crippen LogP contribution is -1.64. The smallest absolute Gasteiger partial charge is 0.0266 e. The van der Waals surface area contributed by atoms with E-state index in [-0.39, 0.29) is 0 Å². The molecular formula is C11H23N. The highest BCUT2D eigenvalue weighted by atomic mass is 14.6. The van der Waals surface area contributed by atoms with Gasteiger partial charge in [0.2, 0.25) is 0 Å². The highest BCUT2D eigenvalue weighted by Crippen LogP contribution is 1.83. The number of hydrogen-bond acceptors (Lipinski definition) is 1. The Kier molecular flexibility index (Phi) is 32.4. The average molecular weight is 169 g/mol. The molecule has 0 aromatic rings. The van der Waals surface area contributed by atoms with Crippen molar-refractivity contribution in [2.75, 3.05) is 0 Å². The van der Waals surface area contributed by atoms with E-state index in [1.54, 1.807) is 6.21 Å². The van der Waals surface area contributed by atoms with Crippen LogP contribution in [0.3, 0.4) is 0 Å². The van der Waals surface area contributed by atoms with E-state index in [4.69, 9.17) is 0 Å². The minimum atomic E-state index is 1.25. The minimum absolute atomic E-state index is 1.25. The first-order chi connectivity index (χ1) is 5.77. The maximum Gasteiger partial charge on any atom is 0.0266 e. The Labute approximate surface area is 77.9 Å². The molecule has 0 atom stereocenters. The highest BCUT2D eigenvalue weighted by molar-refractivity contribution is 5.72. The fourth-order valence-corrected chi connectivity index (χ4v) is 0.253. The van der Waals surface area contributed by atoms with Crippen LogP contribution in [0.1, 0.15) is 41.5 Å². The summed E-state index contributed by atoms with van der Waals surface area (Å²) in [5, 5.41) is 0. The highest BCUT2D eigenvalue weighted by Gasteiger charge is 1.67. The third kappa shape index (κ3) is 35.3. The van der Waals surface area contributed by atoms with E-state index in [1.165, 1.54) is 11.8 Å². The fraction of sp³-hybridized carbons (Fsp3) is 0.545. The lowest BCUT2D eigenvalue weighted by Gasteiger charge is -1.78. The van der Waals surface area contributed by atoms with Gasteiger partial charge in [0.15, 0.2) is 0 Å². The second-order valence-electron chi connectivity index (χ2n) is 1.72. The Balaban J connectivity index is -0.000000175. The van der Waals surface area contributed by atoms with Crippen molar-refractivity contribution in [2.45, 2.75) is 41.5 Å². The van der Waals surface area contributed by atoms with E-state index in [1.807, 2.05) is 47.6 Å². The van der Waals surface area contributed by atoms with Crippen molar-refractivity contribution in [3.05, 3.63) is 24.4 Å². The molecule has 0 spiro atoms. The molecule has 0 bridgehead atoms. The molecule has 0 amide bonds. The third-order valence-electron chi connectivity index (χ3n) is 0.599. The Morgan fingerprint density at radius 2 is 1.50 bits per heavy atom. The normalized spacial score (nSPS) is 7.17. The van der Waals surface area contributed by atoms with Crippen LogP contribution in [0.4, 0.5) is 0 Å². The van der Waals surface area contributed by atoms with E-state index in [2.05, 4.69) is 11.6 Å². The first kappa shape index (κ1) is 17.3. The molecule has 12 heavy (non-hydrogen) atoms. The SMILES string of the molecule is C=CN=CC=C(C)C.CC.CC. The first-order valence-corrected chi connectivity index (χ1v) is 4.55. The number of aliphatic imine (C=N–C) groups is 1. The lowest BCUT2D eigenvalue weighted by molar-refractivity contribution is 1.40. The molecule has 1 heteroatoms. The molecule has 0 aromatic heterocycles. The third-order valence-corrected chi connectivity index (χ3v) is 0.599. The van der Waals surface area contributed by atoms with Gasteiger partial charge in [-0.15, -0.1) is 0 Å². The molecule has 0 fully saturated rings. The van der Waals surface area contributed by atoms with Crippen molar-refractivity contribution in [3.63, 3.8) is 0 Å². The summed E-state index contributed by atoms with van der Waals surface area (Å²) in [5.74, 6) is 0. The van der Waals surface area contributed by atoms with Gasteiger partial charge >= 0.3 is 0 Å². The molecule has 0 heterocycles. The second-order valence-corrected chi connectivity index (χ2v) is 1.72. The summed E-state index contributed by atoms with van der Waals surface area (Å²) in [4.78, 5) is 3.77. The van der Waals surface area contributed by atoms with Gasteiger partial charge in [-0.2, -0.15) is 0 Å². The largest absolute Gasteiger partial charge is 0.265 e. The standard InChI is InChI=1S/C7H11N.2C2H6/c1-4-8-6-5-7(2)3;2*1-2/h4-6H,1H2,2-3H3;2*1-2H3. The fourth-order valence-electron chi connectivity index (χ4n) is 0.253. The monoisotopic (exact) mass is 169 g/mol. The van der Waals surface area contributed by atoms with Crippen molar-refractivity contribution in [1.29, 1.82) is 0 Å². The average Bonchev–Trinajstić information content (AvgIpc) is 2.12. The van der Waals surface area contributed by atoms with E-state index in [0.29, 0.717) is 0 Å². The second kappa shape index (κ2) is 22.5. The Morgan fingerprint density at radius 3 is 1.75 bits per heavy atom. The lowest BCUT2D eigenvalue weighted by atomic mass is 10.3. The molecule has 72 valence electrons. The van der Waals surface area contributed by atoms with Crippen LogP contribution in [0.5, 0.6) is 0 Å². The predicted molar refractivity (Wildman–Crippen MR) is 60.8 cm³/mol. The van der Waals surface area contributed by atoms with Crippen molar-refractivity contribution in [3.8, 4) is 0 Å². The van der Waals surface area contributed by atoms with Crippen molar-refractivity contribution >= 4 is 6.21 Å². The number of nitrogens with zero attached hydrogens (tertiary/aromatic N) is 1. The molecule has 0 rings (SSSR count). The molecule has 0 N–H and O–H groups in total. The Morgan fingerprint density at radius 1 is 1.08 bits per heavy atom. The van der Waals surface area contributed by atoms with Gasteiger partial charge in [0.25, 0.3) is 0 Å². The van der Waals surface area contributed by atoms with Crippen LogP contribution in [-0.4, -0.2) is 6.21 Å². The van der Waals surface area contributed by atoms with Crippen molar-refractivity contribution in [2.24, 2.45) is 4.99 Å². The molecule has 0 saturated carbocycles. The zero-order chi connectivity index (χ0) is 10.4. The van der Waals surface area contributed by atoms with E-state index < -0.39 is 0 Å². The minimum Gasteiger partial charge on any atom is -0.265 e. The van der Waals surface area contributed by atoms with Gasteiger partial charge in [0.1, 0.15) is 0 Å². The predicted octanol–water partition coefficient (Wildman–Crippen LogP) is 4.22. The van der Waals surface area contributed by atoms with Crippen LogP contribution in [0, 0.1) is 0 Å². The molecule has 0 unspecified atom stereocenters. The summed E-state index contributed by atoms with van der Waals surface area (Å²) >= 11 is 0. The molecule has 0 saturated heterocycles. The topological polar surface area (TPSA) is 12.4 Å².